The van der Waals surface area contributed by atoms with E-state index in [9.17, 15) is 14.7 Å². The van der Waals surface area contributed by atoms with Crippen molar-refractivity contribution >= 4 is 17.6 Å². The van der Waals surface area contributed by atoms with Gasteiger partial charge in [-0.15, -0.1) is 0 Å². The van der Waals surface area contributed by atoms with E-state index in [0.29, 0.717) is 30.4 Å². The van der Waals surface area contributed by atoms with Crippen LogP contribution in [0.1, 0.15) is 29.8 Å². The molecule has 0 aromatic heterocycles. The third-order valence-electron chi connectivity index (χ3n) is 3.54. The van der Waals surface area contributed by atoms with Crippen molar-refractivity contribution < 1.29 is 28.9 Å². The third kappa shape index (κ3) is 5.64. The van der Waals surface area contributed by atoms with Gasteiger partial charge in [-0.25, -0.2) is 4.79 Å². The fourth-order valence-electron chi connectivity index (χ4n) is 2.35. The van der Waals surface area contributed by atoms with Crippen molar-refractivity contribution in [2.75, 3.05) is 25.1 Å². The van der Waals surface area contributed by atoms with Crippen molar-refractivity contribution in [2.45, 2.75) is 20.8 Å². The number of ether oxygens (including phenoxy) is 3. The Morgan fingerprint density at radius 2 is 1.78 bits per heavy atom. The number of amides is 1. The lowest BCUT2D eigenvalue weighted by Gasteiger charge is -2.13. The number of esters is 1. The van der Waals surface area contributed by atoms with Crippen LogP contribution in [0.25, 0.3) is 0 Å². The van der Waals surface area contributed by atoms with Crippen molar-refractivity contribution in [1.29, 1.82) is 0 Å². The first kappa shape index (κ1) is 20.1. The zero-order valence-corrected chi connectivity index (χ0v) is 15.6. The summed E-state index contributed by atoms with van der Waals surface area (Å²) in [5.74, 6) is -0.446. The number of rotatable bonds is 8. The molecule has 0 saturated heterocycles. The SMILES string of the molecule is CCOc1ccc(OCC)c(NC(=O)COC(=O)c2ccc(C)cc2O)c1. The Morgan fingerprint density at radius 3 is 2.44 bits per heavy atom. The number of aromatic hydroxyl groups is 1. The molecule has 0 unspecified atom stereocenters. The van der Waals surface area contributed by atoms with Crippen molar-refractivity contribution in [3.05, 3.63) is 47.5 Å². The number of benzene rings is 2. The fraction of sp³-hybridized carbons (Fsp3) is 0.300. The molecule has 2 aromatic rings. The van der Waals surface area contributed by atoms with E-state index in [1.165, 1.54) is 12.1 Å². The number of carbonyl (C=O) groups excluding carboxylic acids is 2. The van der Waals surface area contributed by atoms with Crippen LogP contribution in [0.2, 0.25) is 0 Å². The van der Waals surface area contributed by atoms with Gasteiger partial charge in [-0.2, -0.15) is 0 Å². The molecule has 0 bridgehead atoms. The Morgan fingerprint density at radius 1 is 1.04 bits per heavy atom. The normalized spacial score (nSPS) is 10.2. The monoisotopic (exact) mass is 373 g/mol. The number of nitrogens with one attached hydrogen (secondary N) is 1. The van der Waals surface area contributed by atoms with Gasteiger partial charge >= 0.3 is 5.97 Å². The summed E-state index contributed by atoms with van der Waals surface area (Å²) < 4.78 is 15.9. The first-order valence-electron chi connectivity index (χ1n) is 8.60. The van der Waals surface area contributed by atoms with E-state index < -0.39 is 18.5 Å². The molecular formula is C20H23NO6. The van der Waals surface area contributed by atoms with Gasteiger partial charge in [0.1, 0.15) is 22.8 Å². The number of anilines is 1. The molecule has 0 aliphatic rings. The standard InChI is InChI=1S/C20H23NO6/c1-4-25-14-7-9-18(26-5-2)16(11-14)21-19(23)12-27-20(24)15-8-6-13(3)10-17(15)22/h6-11,22H,4-5,12H2,1-3H3,(H,21,23). The number of carbonyl (C=O) groups is 2. The molecule has 0 saturated carbocycles. The first-order valence-corrected chi connectivity index (χ1v) is 8.60. The van der Waals surface area contributed by atoms with Crippen LogP contribution in [-0.2, 0) is 9.53 Å². The van der Waals surface area contributed by atoms with Crippen molar-refractivity contribution in [3.8, 4) is 17.2 Å². The van der Waals surface area contributed by atoms with Crippen LogP contribution >= 0.6 is 0 Å². The molecule has 0 fully saturated rings. The van der Waals surface area contributed by atoms with E-state index in [2.05, 4.69) is 5.32 Å². The average molecular weight is 373 g/mol. The minimum absolute atomic E-state index is 0.00162. The van der Waals surface area contributed by atoms with E-state index in [1.54, 1.807) is 31.2 Å². The molecule has 0 atom stereocenters. The summed E-state index contributed by atoms with van der Waals surface area (Å²) in [4.78, 5) is 24.2. The van der Waals surface area contributed by atoms with E-state index in [4.69, 9.17) is 14.2 Å². The van der Waals surface area contributed by atoms with Gasteiger partial charge in [-0.3, -0.25) is 4.79 Å². The van der Waals surface area contributed by atoms with Crippen LogP contribution < -0.4 is 14.8 Å². The molecule has 144 valence electrons. The predicted octanol–water partition coefficient (Wildman–Crippen LogP) is 3.29. The predicted molar refractivity (Wildman–Crippen MR) is 101 cm³/mol. The molecule has 0 aliphatic carbocycles. The van der Waals surface area contributed by atoms with Gasteiger partial charge in [-0.05, 0) is 50.6 Å². The molecule has 7 heteroatoms. The van der Waals surface area contributed by atoms with Crippen molar-refractivity contribution in [3.63, 3.8) is 0 Å². The summed E-state index contributed by atoms with van der Waals surface area (Å²) >= 11 is 0. The maximum atomic E-state index is 12.2. The molecule has 0 heterocycles. The number of hydrogen-bond donors (Lipinski definition) is 2. The van der Waals surface area contributed by atoms with E-state index in [1.807, 2.05) is 13.8 Å². The Bertz CT molecular complexity index is 818. The Balaban J connectivity index is 2.02. The second kappa shape index (κ2) is 9.47. The molecule has 7 nitrogen and oxygen atoms in total. The highest BCUT2D eigenvalue weighted by molar-refractivity contribution is 5.97. The van der Waals surface area contributed by atoms with Crippen LogP contribution in [0.5, 0.6) is 17.2 Å². The van der Waals surface area contributed by atoms with Gasteiger partial charge < -0.3 is 24.6 Å². The van der Waals surface area contributed by atoms with Crippen LogP contribution in [0.3, 0.4) is 0 Å². The molecule has 1 amide bonds. The van der Waals surface area contributed by atoms with Crippen molar-refractivity contribution in [2.24, 2.45) is 0 Å². The summed E-state index contributed by atoms with van der Waals surface area (Å²) in [6.45, 7) is 5.88. The number of phenols is 1. The molecule has 2 aromatic carbocycles. The van der Waals surface area contributed by atoms with E-state index >= 15 is 0 Å². The Labute approximate surface area is 157 Å². The third-order valence-corrected chi connectivity index (χ3v) is 3.54. The van der Waals surface area contributed by atoms with Gasteiger partial charge in [-0.1, -0.05) is 6.07 Å². The highest BCUT2D eigenvalue weighted by Crippen LogP contribution is 2.29. The smallest absolute Gasteiger partial charge is 0.342 e. The average Bonchev–Trinajstić information content (AvgIpc) is 2.62. The topological polar surface area (TPSA) is 94.1 Å². The van der Waals surface area contributed by atoms with Crippen LogP contribution in [0, 0.1) is 6.92 Å². The summed E-state index contributed by atoms with van der Waals surface area (Å²) in [5, 5.41) is 12.4. The van der Waals surface area contributed by atoms with Gasteiger partial charge in [0.2, 0.25) is 0 Å². The Kier molecular flexibility index (Phi) is 7.05. The van der Waals surface area contributed by atoms with Crippen LogP contribution in [0.4, 0.5) is 5.69 Å². The molecule has 2 N–H and O–H groups in total. The zero-order valence-electron chi connectivity index (χ0n) is 15.6. The maximum absolute atomic E-state index is 12.2. The molecule has 0 spiro atoms. The lowest BCUT2D eigenvalue weighted by Crippen LogP contribution is -2.21. The summed E-state index contributed by atoms with van der Waals surface area (Å²) in [5.41, 5.74) is 1.23. The highest BCUT2D eigenvalue weighted by Gasteiger charge is 2.16. The van der Waals surface area contributed by atoms with Gasteiger partial charge in [0.05, 0.1) is 18.9 Å². The second-order valence-corrected chi connectivity index (χ2v) is 5.67. The van der Waals surface area contributed by atoms with Crippen LogP contribution in [0.15, 0.2) is 36.4 Å². The minimum atomic E-state index is -0.782. The lowest BCUT2D eigenvalue weighted by molar-refractivity contribution is -0.119. The molecule has 0 aliphatic heterocycles. The maximum Gasteiger partial charge on any atom is 0.342 e. The lowest BCUT2D eigenvalue weighted by atomic mass is 10.1. The molecule has 27 heavy (non-hydrogen) atoms. The van der Waals surface area contributed by atoms with Gasteiger partial charge in [0.15, 0.2) is 6.61 Å². The second-order valence-electron chi connectivity index (χ2n) is 5.67. The molecule has 2 rings (SSSR count). The minimum Gasteiger partial charge on any atom is -0.507 e. The fourth-order valence-corrected chi connectivity index (χ4v) is 2.35. The van der Waals surface area contributed by atoms with E-state index in [-0.39, 0.29) is 11.3 Å². The van der Waals surface area contributed by atoms with Crippen molar-refractivity contribution in [1.82, 2.24) is 0 Å². The Hall–Kier alpha value is -3.22. The molecular weight excluding hydrogens is 350 g/mol. The summed E-state index contributed by atoms with van der Waals surface area (Å²) in [7, 11) is 0. The summed E-state index contributed by atoms with van der Waals surface area (Å²) in [6.07, 6.45) is 0. The largest absolute Gasteiger partial charge is 0.507 e. The number of aryl methyl sites for hydroxylation is 1. The summed E-state index contributed by atoms with van der Waals surface area (Å²) in [6, 6.07) is 9.64. The molecule has 0 radical (unpaired) electrons. The zero-order chi connectivity index (χ0) is 19.8. The van der Waals surface area contributed by atoms with Gasteiger partial charge in [0, 0.05) is 6.07 Å². The van der Waals surface area contributed by atoms with Crippen LogP contribution in [-0.4, -0.2) is 36.8 Å². The first-order chi connectivity index (χ1) is 12.9. The van der Waals surface area contributed by atoms with Gasteiger partial charge in [0.25, 0.3) is 5.91 Å². The number of hydrogen-bond acceptors (Lipinski definition) is 6. The van der Waals surface area contributed by atoms with E-state index in [0.717, 1.165) is 5.56 Å². The quantitative estimate of drug-likeness (QED) is 0.690. The highest BCUT2D eigenvalue weighted by atomic mass is 16.5. The number of phenolic OH excluding ortho intramolecular Hbond substituents is 1.